The minimum absolute atomic E-state index is 0.107. The molecular formula is C31H48O6. The Morgan fingerprint density at radius 1 is 1.22 bits per heavy atom. The molecule has 0 radical (unpaired) electrons. The summed E-state index contributed by atoms with van der Waals surface area (Å²) in [7, 11) is 0. The summed E-state index contributed by atoms with van der Waals surface area (Å²) < 4.78 is 10.5. The number of ether oxygens (including phenoxy) is 2. The first-order valence-corrected chi connectivity index (χ1v) is 14.1. The van der Waals surface area contributed by atoms with Crippen LogP contribution in [0, 0.1) is 17.3 Å². The van der Waals surface area contributed by atoms with Crippen molar-refractivity contribution in [3.8, 4) is 0 Å². The molecule has 6 atom stereocenters. The smallest absolute Gasteiger partial charge is 0.434 e. The zero-order chi connectivity index (χ0) is 27.2. The number of fused-ring (bicyclic) bond motifs is 1. The Morgan fingerprint density at radius 2 is 1.92 bits per heavy atom. The third-order valence-electron chi connectivity index (χ3n) is 8.75. The van der Waals surface area contributed by atoms with Gasteiger partial charge in [0.15, 0.2) is 0 Å². The predicted molar refractivity (Wildman–Crippen MR) is 146 cm³/mol. The second-order valence-corrected chi connectivity index (χ2v) is 12.1. The highest BCUT2D eigenvalue weighted by molar-refractivity contribution is 5.60. The summed E-state index contributed by atoms with van der Waals surface area (Å²) in [6.07, 6.45) is 14.3. The van der Waals surface area contributed by atoms with E-state index in [1.807, 2.05) is 13.0 Å². The lowest BCUT2D eigenvalue weighted by Gasteiger charge is -2.42. The molecule has 0 amide bonds. The maximum atomic E-state index is 12.0. The van der Waals surface area contributed by atoms with E-state index in [0.29, 0.717) is 37.7 Å². The van der Waals surface area contributed by atoms with Crippen LogP contribution in [0.4, 0.5) is 4.79 Å². The van der Waals surface area contributed by atoms with E-state index < -0.39 is 30.1 Å². The Labute approximate surface area is 223 Å². The summed E-state index contributed by atoms with van der Waals surface area (Å²) in [5.74, 6) is 0.799. The number of hydrogen-bond donors (Lipinski definition) is 3. The monoisotopic (exact) mass is 516 g/mol. The van der Waals surface area contributed by atoms with Gasteiger partial charge in [0.25, 0.3) is 0 Å². The van der Waals surface area contributed by atoms with Gasteiger partial charge in [-0.05, 0) is 88.9 Å². The van der Waals surface area contributed by atoms with E-state index in [0.717, 1.165) is 56.1 Å². The minimum Gasteiger partial charge on any atom is -0.434 e. The van der Waals surface area contributed by atoms with E-state index in [1.165, 1.54) is 5.57 Å². The van der Waals surface area contributed by atoms with Gasteiger partial charge in [0.05, 0.1) is 18.8 Å². The largest absolute Gasteiger partial charge is 0.508 e. The number of hydrogen-bond acceptors (Lipinski definition) is 6. The van der Waals surface area contributed by atoms with Crippen molar-refractivity contribution in [2.24, 2.45) is 17.3 Å². The van der Waals surface area contributed by atoms with E-state index in [2.05, 4.69) is 25.7 Å². The van der Waals surface area contributed by atoms with Crippen LogP contribution in [0.25, 0.3) is 0 Å². The number of rotatable bonds is 9. The third-order valence-corrected chi connectivity index (χ3v) is 8.75. The maximum Gasteiger partial charge on any atom is 0.508 e. The molecule has 3 N–H and O–H groups in total. The van der Waals surface area contributed by atoms with Gasteiger partial charge in [0.2, 0.25) is 0 Å². The fraction of sp³-hybridized carbons (Fsp3) is 0.710. The molecule has 0 aromatic carbocycles. The quantitative estimate of drug-likeness (QED) is 0.193. The number of aliphatic hydroxyl groups excluding tert-OH is 3. The number of allylic oxidation sites excluding steroid dienone is 5. The summed E-state index contributed by atoms with van der Waals surface area (Å²) in [4.78, 5) is 12.0. The molecule has 0 aromatic rings. The molecule has 3 rings (SSSR count). The van der Waals surface area contributed by atoms with E-state index in [4.69, 9.17) is 9.47 Å². The van der Waals surface area contributed by atoms with Crippen molar-refractivity contribution in [2.75, 3.05) is 6.61 Å². The molecule has 3 aliphatic rings. The standard InChI is InChI=1S/C31H48O6/c1-6-7-17-36-29(35)37-30(3,4)28(34)15-10-21(2)26-13-14-27-23(9-8-16-31(26,27)5)12-11-22-18-24(32)20-25(33)19-22/h10-12,15,24-28,32-34H,2,6-9,13-14,16-20H2,1,3-5H3/b15-10+,23-12+/t24-,25-,26-,27+,28-,31-/m1/s1. The molecule has 0 spiro atoms. The van der Waals surface area contributed by atoms with Crippen LogP contribution in [0.1, 0.15) is 91.9 Å². The fourth-order valence-electron chi connectivity index (χ4n) is 6.55. The Hall–Kier alpha value is -1.89. The average Bonchev–Trinajstić information content (AvgIpc) is 3.17. The van der Waals surface area contributed by atoms with Gasteiger partial charge in [0.1, 0.15) is 11.7 Å². The molecule has 37 heavy (non-hydrogen) atoms. The highest BCUT2D eigenvalue weighted by Crippen LogP contribution is 2.59. The second-order valence-electron chi connectivity index (χ2n) is 12.1. The lowest BCUT2D eigenvalue weighted by Crippen LogP contribution is -2.40. The van der Waals surface area contributed by atoms with Crippen LogP contribution in [0.5, 0.6) is 0 Å². The Morgan fingerprint density at radius 3 is 2.59 bits per heavy atom. The van der Waals surface area contributed by atoms with E-state index in [9.17, 15) is 20.1 Å². The SMILES string of the molecule is C=C(/C=C/[C@@H](O)C(C)(C)OC(=O)OCCCC)[C@H]1CC[C@H]2/C(=C/C=C3C[C@@H](O)C[C@H](O)C3)CCC[C@]12C. The van der Waals surface area contributed by atoms with Crippen molar-refractivity contribution in [2.45, 2.75) is 116 Å². The van der Waals surface area contributed by atoms with Crippen molar-refractivity contribution in [1.29, 1.82) is 0 Å². The van der Waals surface area contributed by atoms with Gasteiger partial charge in [-0.3, -0.25) is 0 Å². The molecule has 0 bridgehead atoms. The molecule has 3 aliphatic carbocycles. The predicted octanol–water partition coefficient (Wildman–Crippen LogP) is 6.17. The molecule has 0 aliphatic heterocycles. The van der Waals surface area contributed by atoms with Crippen molar-refractivity contribution < 1.29 is 29.6 Å². The van der Waals surface area contributed by atoms with Gasteiger partial charge in [-0.25, -0.2) is 4.79 Å². The Kier molecular flexibility index (Phi) is 10.2. The summed E-state index contributed by atoms with van der Waals surface area (Å²) >= 11 is 0. The van der Waals surface area contributed by atoms with Crippen molar-refractivity contribution >= 4 is 6.16 Å². The van der Waals surface area contributed by atoms with Gasteiger partial charge in [-0.15, -0.1) is 0 Å². The van der Waals surface area contributed by atoms with E-state index >= 15 is 0 Å². The normalized spacial score (nSPS) is 32.3. The fourth-order valence-corrected chi connectivity index (χ4v) is 6.55. The lowest BCUT2D eigenvalue weighted by atomic mass is 9.62. The molecule has 208 valence electrons. The van der Waals surface area contributed by atoms with Gasteiger partial charge in [-0.2, -0.15) is 0 Å². The van der Waals surface area contributed by atoms with Crippen LogP contribution in [-0.4, -0.2) is 52.0 Å². The molecule has 3 saturated carbocycles. The maximum absolute atomic E-state index is 12.0. The van der Waals surface area contributed by atoms with E-state index in [-0.39, 0.29) is 5.41 Å². The lowest BCUT2D eigenvalue weighted by molar-refractivity contribution is -0.0668. The molecule has 0 aromatic heterocycles. The third kappa shape index (κ3) is 7.58. The number of aliphatic hydroxyl groups is 3. The Balaban J connectivity index is 1.63. The summed E-state index contributed by atoms with van der Waals surface area (Å²) in [6, 6.07) is 0. The first-order valence-electron chi connectivity index (χ1n) is 14.1. The highest BCUT2D eigenvalue weighted by Gasteiger charge is 2.49. The van der Waals surface area contributed by atoms with Crippen LogP contribution in [0.15, 0.2) is 47.6 Å². The zero-order valence-electron chi connectivity index (χ0n) is 23.2. The van der Waals surface area contributed by atoms with Crippen LogP contribution in [0.2, 0.25) is 0 Å². The van der Waals surface area contributed by atoms with Crippen molar-refractivity contribution in [1.82, 2.24) is 0 Å². The van der Waals surface area contributed by atoms with Gasteiger partial charge < -0.3 is 24.8 Å². The van der Waals surface area contributed by atoms with E-state index in [1.54, 1.807) is 19.9 Å². The molecule has 6 heteroatoms. The second kappa shape index (κ2) is 12.8. The Bertz CT molecular complexity index is 887. The van der Waals surface area contributed by atoms with Crippen molar-refractivity contribution in [3.63, 3.8) is 0 Å². The molecule has 0 heterocycles. The highest BCUT2D eigenvalue weighted by atomic mass is 16.7. The van der Waals surface area contributed by atoms with Crippen LogP contribution in [0.3, 0.4) is 0 Å². The van der Waals surface area contributed by atoms with Gasteiger partial charge in [-0.1, -0.05) is 67.9 Å². The first-order chi connectivity index (χ1) is 17.5. The average molecular weight is 517 g/mol. The molecular weight excluding hydrogens is 468 g/mol. The van der Waals surface area contributed by atoms with Gasteiger partial charge >= 0.3 is 6.16 Å². The van der Waals surface area contributed by atoms with Crippen LogP contribution < -0.4 is 0 Å². The number of carbonyl (C=O) groups is 1. The zero-order valence-corrected chi connectivity index (χ0v) is 23.2. The number of unbranched alkanes of at least 4 members (excludes halogenated alkanes) is 1. The molecule has 3 fully saturated rings. The van der Waals surface area contributed by atoms with Crippen molar-refractivity contribution in [3.05, 3.63) is 47.6 Å². The molecule has 0 saturated heterocycles. The number of carbonyl (C=O) groups excluding carboxylic acids is 1. The molecule has 0 unspecified atom stereocenters. The topological polar surface area (TPSA) is 96.2 Å². The van der Waals surface area contributed by atoms with Crippen LogP contribution >= 0.6 is 0 Å². The van der Waals surface area contributed by atoms with Crippen LogP contribution in [-0.2, 0) is 9.47 Å². The van der Waals surface area contributed by atoms with Gasteiger partial charge in [0, 0.05) is 0 Å². The molecule has 6 nitrogen and oxygen atoms in total. The minimum atomic E-state index is -1.11. The summed E-state index contributed by atoms with van der Waals surface area (Å²) in [5, 5.41) is 30.8. The first kappa shape index (κ1) is 29.7. The summed E-state index contributed by atoms with van der Waals surface area (Å²) in [5.41, 5.74) is 2.59. The summed E-state index contributed by atoms with van der Waals surface area (Å²) in [6.45, 7) is 12.4.